The van der Waals surface area contributed by atoms with Crippen LogP contribution in [-0.2, 0) is 9.53 Å². The molecule has 0 aliphatic heterocycles. The van der Waals surface area contributed by atoms with E-state index in [0.717, 1.165) is 0 Å². The lowest BCUT2D eigenvalue weighted by molar-refractivity contribution is -0.152. The van der Waals surface area contributed by atoms with Gasteiger partial charge in [0.25, 0.3) is 0 Å². The van der Waals surface area contributed by atoms with Crippen molar-refractivity contribution in [1.29, 1.82) is 0 Å². The van der Waals surface area contributed by atoms with Crippen LogP contribution in [0.15, 0.2) is 0 Å². The third kappa shape index (κ3) is 5.43. The van der Waals surface area contributed by atoms with Crippen molar-refractivity contribution in [3.8, 4) is 0 Å². The lowest BCUT2D eigenvalue weighted by Gasteiger charge is -2.17. The fraction of sp³-hybridized carbons (Fsp3) is 0.800. The number of nitrogens with two attached hydrogens (primary N) is 1. The Morgan fingerprint density at radius 3 is 2.00 bits per heavy atom. The van der Waals surface area contributed by atoms with Crippen LogP contribution in [0.5, 0.6) is 0 Å². The summed E-state index contributed by atoms with van der Waals surface area (Å²) >= 11 is 0. The van der Waals surface area contributed by atoms with E-state index in [1.807, 2.05) is 0 Å². The third-order valence-corrected chi connectivity index (χ3v) is 0.407. The van der Waals surface area contributed by atoms with E-state index in [2.05, 4.69) is 4.74 Å². The van der Waals surface area contributed by atoms with Gasteiger partial charge in [0.05, 0.1) is 0 Å². The summed E-state index contributed by atoms with van der Waals surface area (Å²) in [4.78, 5) is 10.2. The Morgan fingerprint density at radius 1 is 1.62 bits per heavy atom. The maximum atomic E-state index is 10.2. The van der Waals surface area contributed by atoms with Crippen molar-refractivity contribution in [2.24, 2.45) is 5.73 Å². The molecular weight excluding hydrogens is 106 g/mol. The Hall–Kier alpha value is -0.570. The molecule has 0 spiro atoms. The van der Waals surface area contributed by atoms with Crippen LogP contribution in [0.25, 0.3) is 0 Å². The zero-order valence-corrected chi connectivity index (χ0v) is 5.39. The maximum Gasteiger partial charge on any atom is 0.304 e. The molecule has 0 aromatic heterocycles. The number of carbonyl (C=O) groups is 1. The Labute approximate surface area is 48.8 Å². The van der Waals surface area contributed by atoms with Crippen LogP contribution in [0.3, 0.4) is 0 Å². The zero-order chi connectivity index (χ0) is 6.78. The second-order valence-electron chi connectivity index (χ2n) is 2.20. The zero-order valence-electron chi connectivity index (χ0n) is 5.39. The van der Waals surface area contributed by atoms with Gasteiger partial charge in [-0.15, -0.1) is 0 Å². The summed E-state index contributed by atoms with van der Waals surface area (Å²) in [6.07, 6.45) is 0. The van der Waals surface area contributed by atoms with E-state index >= 15 is 0 Å². The molecule has 0 bridgehead atoms. The van der Waals surface area contributed by atoms with Crippen molar-refractivity contribution in [2.45, 2.75) is 26.5 Å². The summed E-state index contributed by atoms with van der Waals surface area (Å²) < 4.78 is 4.58. The minimum atomic E-state index is -0.828. The second-order valence-corrected chi connectivity index (χ2v) is 2.20. The molecule has 0 heterocycles. The first-order valence-corrected chi connectivity index (χ1v) is 2.40. The first-order valence-electron chi connectivity index (χ1n) is 2.40. The summed E-state index contributed by atoms with van der Waals surface area (Å²) in [6, 6.07) is 0. The van der Waals surface area contributed by atoms with Crippen molar-refractivity contribution in [2.75, 3.05) is 0 Å². The van der Waals surface area contributed by atoms with Crippen LogP contribution >= 0.6 is 0 Å². The maximum absolute atomic E-state index is 10.2. The third-order valence-electron chi connectivity index (χ3n) is 0.407. The van der Waals surface area contributed by atoms with Gasteiger partial charge in [0.2, 0.25) is 0 Å². The van der Waals surface area contributed by atoms with Gasteiger partial charge in [0.15, 0.2) is 5.72 Å². The van der Waals surface area contributed by atoms with Crippen LogP contribution < -0.4 is 5.73 Å². The summed E-state index contributed by atoms with van der Waals surface area (Å²) in [7, 11) is 0. The van der Waals surface area contributed by atoms with Crippen molar-refractivity contribution >= 4 is 5.97 Å². The van der Waals surface area contributed by atoms with E-state index in [-0.39, 0.29) is 5.97 Å². The lowest BCUT2D eigenvalue weighted by Crippen LogP contribution is -2.36. The van der Waals surface area contributed by atoms with Gasteiger partial charge >= 0.3 is 5.97 Å². The predicted octanol–water partition coefficient (Wildman–Crippen LogP) is 0.244. The van der Waals surface area contributed by atoms with Gasteiger partial charge in [-0.05, 0) is 13.8 Å². The van der Waals surface area contributed by atoms with Gasteiger partial charge in [0.1, 0.15) is 0 Å². The molecule has 0 unspecified atom stereocenters. The minimum absolute atomic E-state index is 0.350. The van der Waals surface area contributed by atoms with Gasteiger partial charge < -0.3 is 4.74 Å². The molecule has 0 aliphatic rings. The molecule has 48 valence electrons. The fourth-order valence-corrected chi connectivity index (χ4v) is 0.370. The molecule has 0 radical (unpaired) electrons. The number of ether oxygens (including phenoxy) is 1. The van der Waals surface area contributed by atoms with Gasteiger partial charge in [-0.25, -0.2) is 0 Å². The molecule has 0 saturated heterocycles. The highest BCUT2D eigenvalue weighted by molar-refractivity contribution is 5.66. The molecule has 3 heteroatoms. The quantitative estimate of drug-likeness (QED) is 0.395. The van der Waals surface area contributed by atoms with Gasteiger partial charge in [-0.2, -0.15) is 0 Å². The average molecular weight is 117 g/mol. The number of carbonyl (C=O) groups excluding carboxylic acids is 1. The van der Waals surface area contributed by atoms with Crippen molar-refractivity contribution in [1.82, 2.24) is 0 Å². The van der Waals surface area contributed by atoms with Gasteiger partial charge in [-0.3, -0.25) is 10.5 Å². The Balaban J connectivity index is 3.55. The molecule has 3 nitrogen and oxygen atoms in total. The van der Waals surface area contributed by atoms with Crippen LogP contribution in [0.2, 0.25) is 0 Å². The number of rotatable bonds is 1. The topological polar surface area (TPSA) is 52.3 Å². The molecular formula is C5H11NO2. The highest BCUT2D eigenvalue weighted by atomic mass is 16.6. The summed E-state index contributed by atoms with van der Waals surface area (Å²) in [5, 5.41) is 0. The largest absolute Gasteiger partial charge is 0.445 e. The van der Waals surface area contributed by atoms with Crippen LogP contribution in [-0.4, -0.2) is 11.7 Å². The molecule has 0 atom stereocenters. The van der Waals surface area contributed by atoms with Crippen LogP contribution in [0, 0.1) is 0 Å². The molecule has 2 N–H and O–H groups in total. The molecule has 0 amide bonds. The van der Waals surface area contributed by atoms with E-state index in [1.54, 1.807) is 13.8 Å². The minimum Gasteiger partial charge on any atom is -0.445 e. The molecule has 0 aromatic carbocycles. The number of esters is 1. The van der Waals surface area contributed by atoms with Gasteiger partial charge in [0, 0.05) is 6.92 Å². The molecule has 0 aliphatic carbocycles. The highest BCUT2D eigenvalue weighted by Gasteiger charge is 2.12. The first kappa shape index (κ1) is 7.43. The normalized spacial score (nSPS) is 11.0. The van der Waals surface area contributed by atoms with Crippen molar-refractivity contribution < 1.29 is 9.53 Å². The average Bonchev–Trinajstić information content (AvgIpc) is 1.21. The molecule has 0 aromatic rings. The summed E-state index contributed by atoms with van der Waals surface area (Å²) in [5.41, 5.74) is 4.47. The Bertz CT molecular complexity index is 93.1. The van der Waals surface area contributed by atoms with Gasteiger partial charge in [-0.1, -0.05) is 0 Å². The van der Waals surface area contributed by atoms with Crippen molar-refractivity contribution in [3.05, 3.63) is 0 Å². The second kappa shape index (κ2) is 2.13. The Kier molecular flexibility index (Phi) is 1.98. The van der Waals surface area contributed by atoms with E-state index in [4.69, 9.17) is 5.73 Å². The summed E-state index contributed by atoms with van der Waals surface area (Å²) in [5.74, 6) is -0.350. The molecule has 8 heavy (non-hydrogen) atoms. The lowest BCUT2D eigenvalue weighted by atomic mass is 10.3. The van der Waals surface area contributed by atoms with Crippen LogP contribution in [0.4, 0.5) is 0 Å². The number of hydrogen-bond acceptors (Lipinski definition) is 3. The van der Waals surface area contributed by atoms with E-state index in [1.165, 1.54) is 6.92 Å². The fourth-order valence-electron chi connectivity index (χ4n) is 0.370. The van der Waals surface area contributed by atoms with E-state index < -0.39 is 5.72 Å². The first-order chi connectivity index (χ1) is 3.42. The smallest absolute Gasteiger partial charge is 0.304 e. The van der Waals surface area contributed by atoms with Crippen LogP contribution in [0.1, 0.15) is 20.8 Å². The van der Waals surface area contributed by atoms with E-state index in [0.29, 0.717) is 0 Å². The number of hydrogen-bond donors (Lipinski definition) is 1. The summed E-state index contributed by atoms with van der Waals surface area (Å²) in [6.45, 7) is 4.57. The van der Waals surface area contributed by atoms with Crippen molar-refractivity contribution in [3.63, 3.8) is 0 Å². The van der Waals surface area contributed by atoms with E-state index in [9.17, 15) is 4.79 Å². The standard InChI is InChI=1S/C5H11NO2/c1-4(7)8-5(2,3)6/h6H2,1-3H3. The SMILES string of the molecule is CC(=O)OC(C)(C)N. The highest BCUT2D eigenvalue weighted by Crippen LogP contribution is 1.97. The molecule has 0 fully saturated rings. The molecule has 0 saturated carbocycles. The monoisotopic (exact) mass is 117 g/mol. The Morgan fingerprint density at radius 2 is 2.00 bits per heavy atom. The molecule has 0 rings (SSSR count). The predicted molar refractivity (Wildman–Crippen MR) is 30.0 cm³/mol.